The number of aliphatic hydroxyl groups is 1. The number of nitrogens with zero attached hydrogens (tertiary/aromatic N) is 2. The lowest BCUT2D eigenvalue weighted by molar-refractivity contribution is 0.117. The Morgan fingerprint density at radius 2 is 2.36 bits per heavy atom. The monoisotopic (exact) mass is 463 g/mol. The van der Waals surface area contributed by atoms with E-state index in [2.05, 4.69) is 10.2 Å². The normalized spacial score (nSPS) is 25.0. The minimum absolute atomic E-state index is 0. The minimum Gasteiger partial charge on any atom is -0.469 e. The van der Waals surface area contributed by atoms with Crippen molar-refractivity contribution in [3.8, 4) is 0 Å². The van der Waals surface area contributed by atoms with Crippen molar-refractivity contribution in [3.05, 3.63) is 24.2 Å². The molecule has 0 bridgehead atoms. The van der Waals surface area contributed by atoms with Crippen molar-refractivity contribution in [1.29, 1.82) is 0 Å². The highest BCUT2D eigenvalue weighted by atomic mass is 127. The predicted octanol–water partition coefficient (Wildman–Crippen LogP) is 2.27. The number of ether oxygens (including phenoxy) is 1. The van der Waals surface area contributed by atoms with Crippen LogP contribution in [0.25, 0.3) is 0 Å². The Morgan fingerprint density at radius 1 is 1.48 bits per heavy atom. The third-order valence-electron chi connectivity index (χ3n) is 4.91. The number of hydrogen-bond donors (Lipinski definition) is 2. The van der Waals surface area contributed by atoms with E-state index in [0.717, 1.165) is 63.6 Å². The second-order valence-corrected chi connectivity index (χ2v) is 6.79. The van der Waals surface area contributed by atoms with Crippen molar-refractivity contribution in [2.45, 2.75) is 44.8 Å². The molecular weight excluding hydrogens is 433 g/mol. The summed E-state index contributed by atoms with van der Waals surface area (Å²) >= 11 is 0. The summed E-state index contributed by atoms with van der Waals surface area (Å²) in [4.78, 5) is 7.05. The van der Waals surface area contributed by atoms with Gasteiger partial charge in [-0.3, -0.25) is 4.99 Å². The van der Waals surface area contributed by atoms with Gasteiger partial charge in [0.1, 0.15) is 5.76 Å². The Hall–Kier alpha value is -0.800. The third-order valence-corrected chi connectivity index (χ3v) is 4.91. The molecule has 0 saturated carbocycles. The second kappa shape index (κ2) is 10.4. The number of guanidine groups is 1. The van der Waals surface area contributed by atoms with Crippen LogP contribution in [0.4, 0.5) is 0 Å². The van der Waals surface area contributed by atoms with Gasteiger partial charge in [-0.05, 0) is 38.3 Å². The number of likely N-dealkylation sites (tertiary alicyclic amines) is 1. The molecule has 0 spiro atoms. The zero-order valence-electron chi connectivity index (χ0n) is 14.9. The Labute approximate surface area is 167 Å². The highest BCUT2D eigenvalue weighted by Gasteiger charge is 2.28. The topological polar surface area (TPSA) is 70.2 Å². The minimum atomic E-state index is -0.266. The Bertz CT molecular complexity index is 516. The van der Waals surface area contributed by atoms with Crippen LogP contribution in [0.1, 0.15) is 31.9 Å². The number of halogens is 1. The van der Waals surface area contributed by atoms with Crippen molar-refractivity contribution >= 4 is 29.9 Å². The molecule has 2 N–H and O–H groups in total. The molecule has 2 aliphatic rings. The Kier molecular flexibility index (Phi) is 8.51. The molecule has 2 fully saturated rings. The Balaban J connectivity index is 0.00000225. The first kappa shape index (κ1) is 20.5. The number of rotatable bonds is 6. The van der Waals surface area contributed by atoms with Crippen LogP contribution in [0.5, 0.6) is 0 Å². The molecule has 3 atom stereocenters. The highest BCUT2D eigenvalue weighted by Crippen LogP contribution is 2.20. The second-order valence-electron chi connectivity index (χ2n) is 6.79. The maximum absolute atomic E-state index is 9.84. The number of aliphatic imine (C=N–C) groups is 1. The fourth-order valence-electron chi connectivity index (χ4n) is 3.37. The largest absolute Gasteiger partial charge is 0.469 e. The van der Waals surface area contributed by atoms with Gasteiger partial charge in [0, 0.05) is 38.6 Å². The lowest BCUT2D eigenvalue weighted by atomic mass is 10.0. The Morgan fingerprint density at radius 3 is 3.00 bits per heavy atom. The van der Waals surface area contributed by atoms with Gasteiger partial charge in [-0.25, -0.2) is 0 Å². The first-order chi connectivity index (χ1) is 11.7. The molecule has 3 heterocycles. The van der Waals surface area contributed by atoms with E-state index in [-0.39, 0.29) is 36.2 Å². The summed E-state index contributed by atoms with van der Waals surface area (Å²) in [5.41, 5.74) is 0. The van der Waals surface area contributed by atoms with Gasteiger partial charge in [-0.2, -0.15) is 0 Å². The van der Waals surface area contributed by atoms with E-state index >= 15 is 0 Å². The average molecular weight is 463 g/mol. The molecule has 25 heavy (non-hydrogen) atoms. The predicted molar refractivity (Wildman–Crippen MR) is 108 cm³/mol. The van der Waals surface area contributed by atoms with E-state index in [0.29, 0.717) is 12.5 Å². The molecule has 7 heteroatoms. The maximum Gasteiger partial charge on any atom is 0.194 e. The van der Waals surface area contributed by atoms with Crippen molar-refractivity contribution in [1.82, 2.24) is 10.2 Å². The van der Waals surface area contributed by atoms with Crippen LogP contribution in [-0.4, -0.2) is 61.0 Å². The summed E-state index contributed by atoms with van der Waals surface area (Å²) in [5, 5.41) is 13.3. The molecular formula is C18H30IN3O3. The van der Waals surface area contributed by atoms with E-state index in [9.17, 15) is 5.11 Å². The third kappa shape index (κ3) is 6.14. The zero-order valence-corrected chi connectivity index (χ0v) is 17.2. The number of furan rings is 1. The smallest absolute Gasteiger partial charge is 0.194 e. The van der Waals surface area contributed by atoms with Crippen LogP contribution in [0.15, 0.2) is 27.8 Å². The van der Waals surface area contributed by atoms with Crippen molar-refractivity contribution in [2.24, 2.45) is 10.9 Å². The summed E-state index contributed by atoms with van der Waals surface area (Å²) < 4.78 is 11.1. The summed E-state index contributed by atoms with van der Waals surface area (Å²) in [7, 11) is 0. The van der Waals surface area contributed by atoms with Crippen LogP contribution < -0.4 is 5.32 Å². The van der Waals surface area contributed by atoms with E-state index in [1.807, 2.05) is 19.1 Å². The van der Waals surface area contributed by atoms with Gasteiger partial charge in [0.05, 0.1) is 25.0 Å². The highest BCUT2D eigenvalue weighted by molar-refractivity contribution is 14.0. The van der Waals surface area contributed by atoms with Gasteiger partial charge in [0.2, 0.25) is 0 Å². The van der Waals surface area contributed by atoms with E-state index < -0.39 is 0 Å². The summed E-state index contributed by atoms with van der Waals surface area (Å²) in [6.45, 7) is 6.02. The summed E-state index contributed by atoms with van der Waals surface area (Å²) in [6, 6.07) is 3.90. The van der Waals surface area contributed by atoms with Crippen LogP contribution in [-0.2, 0) is 11.2 Å². The van der Waals surface area contributed by atoms with Crippen molar-refractivity contribution in [3.63, 3.8) is 0 Å². The molecule has 1 aromatic heterocycles. The van der Waals surface area contributed by atoms with Gasteiger partial charge in [0.25, 0.3) is 0 Å². The van der Waals surface area contributed by atoms with Gasteiger partial charge >= 0.3 is 0 Å². The SMILES string of the molecule is CC(O)C1CCN(C(=NCC2CCCO2)NCCc2ccco2)C1.I. The molecule has 0 aliphatic carbocycles. The molecule has 6 nitrogen and oxygen atoms in total. The molecule has 3 rings (SSSR count). The molecule has 0 aromatic carbocycles. The first-order valence-corrected chi connectivity index (χ1v) is 9.07. The average Bonchev–Trinajstić information content (AvgIpc) is 3.33. The van der Waals surface area contributed by atoms with Gasteiger partial charge in [-0.1, -0.05) is 0 Å². The standard InChI is InChI=1S/C18H29N3O3.HI/c1-14(22)15-7-9-21(13-15)18(20-12-17-5-3-11-24-17)19-8-6-16-4-2-10-23-16;/h2,4,10,14-15,17,22H,3,5-9,11-13H2,1H3,(H,19,20);1H. The van der Waals surface area contributed by atoms with Crippen LogP contribution in [0.3, 0.4) is 0 Å². The molecule has 0 radical (unpaired) electrons. The summed E-state index contributed by atoms with van der Waals surface area (Å²) in [6.07, 6.45) is 5.76. The number of nitrogens with one attached hydrogen (secondary N) is 1. The van der Waals surface area contributed by atoms with Crippen molar-refractivity contribution in [2.75, 3.05) is 32.8 Å². The van der Waals surface area contributed by atoms with Crippen molar-refractivity contribution < 1.29 is 14.3 Å². The van der Waals surface area contributed by atoms with Crippen LogP contribution >= 0.6 is 24.0 Å². The molecule has 2 saturated heterocycles. The van der Waals surface area contributed by atoms with E-state index in [1.165, 1.54) is 0 Å². The lowest BCUT2D eigenvalue weighted by Gasteiger charge is -2.23. The fourth-order valence-corrected chi connectivity index (χ4v) is 3.37. The number of hydrogen-bond acceptors (Lipinski definition) is 4. The van der Waals surface area contributed by atoms with E-state index in [4.69, 9.17) is 14.1 Å². The van der Waals surface area contributed by atoms with Crippen LogP contribution in [0, 0.1) is 5.92 Å². The summed E-state index contributed by atoms with van der Waals surface area (Å²) in [5.74, 6) is 2.23. The van der Waals surface area contributed by atoms with Gasteiger partial charge < -0.3 is 24.5 Å². The zero-order chi connectivity index (χ0) is 16.8. The van der Waals surface area contributed by atoms with E-state index in [1.54, 1.807) is 6.26 Å². The molecule has 142 valence electrons. The molecule has 0 amide bonds. The fraction of sp³-hybridized carbons (Fsp3) is 0.722. The molecule has 3 unspecified atom stereocenters. The number of aliphatic hydroxyl groups excluding tert-OH is 1. The van der Waals surface area contributed by atoms with Gasteiger partial charge in [-0.15, -0.1) is 24.0 Å². The molecule has 2 aliphatic heterocycles. The molecule has 1 aromatic rings. The lowest BCUT2D eigenvalue weighted by Crippen LogP contribution is -2.42. The first-order valence-electron chi connectivity index (χ1n) is 9.07. The van der Waals surface area contributed by atoms with Crippen LogP contribution in [0.2, 0.25) is 0 Å². The maximum atomic E-state index is 9.84. The van der Waals surface area contributed by atoms with Gasteiger partial charge in [0.15, 0.2) is 5.96 Å². The quantitative estimate of drug-likeness (QED) is 0.385.